The first-order chi connectivity index (χ1) is 16.7. The molecule has 34 heavy (non-hydrogen) atoms. The fourth-order valence-electron chi connectivity index (χ4n) is 4.45. The van der Waals surface area contributed by atoms with Crippen molar-refractivity contribution in [2.75, 3.05) is 0 Å². The van der Waals surface area contributed by atoms with Gasteiger partial charge < -0.3 is 0 Å². The van der Waals surface area contributed by atoms with Gasteiger partial charge in [0.05, 0.1) is 33.6 Å². The fraction of sp³-hybridized carbons (Fsp3) is 0.0667. The molecule has 0 spiro atoms. The molecule has 0 saturated carbocycles. The van der Waals surface area contributed by atoms with Crippen molar-refractivity contribution in [1.29, 1.82) is 0 Å². The van der Waals surface area contributed by atoms with E-state index in [1.54, 1.807) is 0 Å². The maximum absolute atomic E-state index is 5.01. The Balaban J connectivity index is 1.49. The fourth-order valence-corrected chi connectivity index (χ4v) is 4.45. The molecule has 0 fully saturated rings. The van der Waals surface area contributed by atoms with Crippen LogP contribution in [0.15, 0.2) is 96.1 Å². The van der Waals surface area contributed by atoms with Crippen molar-refractivity contribution in [3.05, 3.63) is 96.7 Å². The summed E-state index contributed by atoms with van der Waals surface area (Å²) >= 11 is 0. The van der Waals surface area contributed by atoms with Crippen LogP contribution in [0.2, 0.25) is 0 Å². The van der Waals surface area contributed by atoms with E-state index < -0.39 is 0 Å². The Kier molecular flexibility index (Phi) is 4.84. The topological polar surface area (TPSA) is 51.0 Å². The van der Waals surface area contributed by atoms with Gasteiger partial charge in [-0.3, -0.25) is 9.98 Å². The Morgan fingerprint density at radius 1 is 0.647 bits per heavy atom. The zero-order valence-electron chi connectivity index (χ0n) is 19.0. The third-order valence-electron chi connectivity index (χ3n) is 6.18. The van der Waals surface area contributed by atoms with Gasteiger partial charge in [-0.2, -0.15) is 0 Å². The van der Waals surface area contributed by atoms with E-state index in [2.05, 4.69) is 95.8 Å². The highest BCUT2D eigenvalue weighted by Crippen LogP contribution is 2.32. The summed E-state index contributed by atoms with van der Waals surface area (Å²) in [4.78, 5) is 19.2. The molecule has 0 radical (unpaired) electrons. The second-order valence-electron chi connectivity index (χ2n) is 8.38. The van der Waals surface area contributed by atoms with Gasteiger partial charge in [-0.1, -0.05) is 60.7 Å². The van der Waals surface area contributed by atoms with Crippen molar-refractivity contribution in [3.63, 3.8) is 0 Å². The van der Waals surface area contributed by atoms with Crippen LogP contribution in [0.5, 0.6) is 0 Å². The van der Waals surface area contributed by atoms with Crippen molar-refractivity contribution >= 4 is 44.6 Å². The molecule has 3 aromatic heterocycles. The van der Waals surface area contributed by atoms with Gasteiger partial charge in [-0.25, -0.2) is 9.97 Å². The predicted octanol–water partition coefficient (Wildman–Crippen LogP) is 7.70. The van der Waals surface area contributed by atoms with E-state index in [4.69, 9.17) is 9.97 Å². The summed E-state index contributed by atoms with van der Waals surface area (Å²) in [7, 11) is 0. The number of aryl methyl sites for hydroxylation is 1. The summed E-state index contributed by atoms with van der Waals surface area (Å²) in [6.07, 6.45) is 3.64. The molecule has 6 rings (SSSR count). The van der Waals surface area contributed by atoms with Crippen LogP contribution in [0.25, 0.3) is 55.2 Å². The van der Waals surface area contributed by atoms with Gasteiger partial charge in [0.2, 0.25) is 0 Å². The molecule has 0 aliphatic rings. The Labute approximate surface area is 197 Å². The number of fused-ring (bicyclic) bond motifs is 4. The standard InChI is InChI=1S/C30H22N4/c1-3-31-27-19(2)9-10-21-13-15-25(33-29(21)27)23-6-4-7-24(18-23)26-16-14-22-12-11-20-8-5-17-32-28(20)30(22)34-26/h3-18H,1-2H3. The minimum atomic E-state index is 0.917. The molecule has 0 bridgehead atoms. The number of aromatic nitrogens is 3. The second kappa shape index (κ2) is 8.16. The molecule has 6 aromatic rings. The smallest absolute Gasteiger partial charge is 0.0972 e. The van der Waals surface area contributed by atoms with Gasteiger partial charge in [0, 0.05) is 39.7 Å². The van der Waals surface area contributed by atoms with Crippen molar-refractivity contribution in [3.8, 4) is 22.5 Å². The Morgan fingerprint density at radius 2 is 1.26 bits per heavy atom. The maximum atomic E-state index is 5.01. The monoisotopic (exact) mass is 438 g/mol. The number of benzene rings is 3. The van der Waals surface area contributed by atoms with Crippen LogP contribution in [0.4, 0.5) is 5.69 Å². The molecule has 0 atom stereocenters. The lowest BCUT2D eigenvalue weighted by atomic mass is 10.0. The number of nitrogens with zero attached hydrogens (tertiary/aromatic N) is 4. The predicted molar refractivity (Wildman–Crippen MR) is 142 cm³/mol. The van der Waals surface area contributed by atoms with Crippen molar-refractivity contribution < 1.29 is 0 Å². The van der Waals surface area contributed by atoms with E-state index in [9.17, 15) is 0 Å². The zero-order valence-corrected chi connectivity index (χ0v) is 19.0. The van der Waals surface area contributed by atoms with Gasteiger partial charge in [0.1, 0.15) is 0 Å². The summed E-state index contributed by atoms with van der Waals surface area (Å²) in [5.74, 6) is 0. The zero-order chi connectivity index (χ0) is 23.1. The highest BCUT2D eigenvalue weighted by atomic mass is 14.8. The van der Waals surface area contributed by atoms with E-state index >= 15 is 0 Å². The highest BCUT2D eigenvalue weighted by Gasteiger charge is 2.10. The normalized spacial score (nSPS) is 11.7. The molecule has 4 nitrogen and oxygen atoms in total. The lowest BCUT2D eigenvalue weighted by molar-refractivity contribution is 1.35. The van der Waals surface area contributed by atoms with E-state index in [0.29, 0.717) is 0 Å². The first kappa shape index (κ1) is 20.2. The van der Waals surface area contributed by atoms with E-state index in [1.807, 2.05) is 25.4 Å². The summed E-state index contributed by atoms with van der Waals surface area (Å²) < 4.78 is 0. The number of rotatable bonds is 3. The van der Waals surface area contributed by atoms with Gasteiger partial charge in [0.25, 0.3) is 0 Å². The molecule has 0 unspecified atom stereocenters. The highest BCUT2D eigenvalue weighted by molar-refractivity contribution is 6.03. The number of aliphatic imine (C=N–C) groups is 1. The van der Waals surface area contributed by atoms with Crippen LogP contribution in [0.1, 0.15) is 12.5 Å². The van der Waals surface area contributed by atoms with Crippen LogP contribution < -0.4 is 0 Å². The number of hydrogen-bond donors (Lipinski definition) is 0. The maximum Gasteiger partial charge on any atom is 0.0972 e. The molecule has 0 N–H and O–H groups in total. The Hall–Kier alpha value is -4.44. The third-order valence-corrected chi connectivity index (χ3v) is 6.18. The van der Waals surface area contributed by atoms with Gasteiger partial charge in [-0.15, -0.1) is 0 Å². The van der Waals surface area contributed by atoms with Gasteiger partial charge in [-0.05, 0) is 43.7 Å². The Morgan fingerprint density at radius 3 is 2.00 bits per heavy atom. The first-order valence-corrected chi connectivity index (χ1v) is 11.4. The van der Waals surface area contributed by atoms with E-state index in [1.165, 1.54) is 0 Å². The van der Waals surface area contributed by atoms with E-state index in [0.717, 1.165) is 66.5 Å². The SMILES string of the molecule is CC=Nc1c(C)ccc2ccc(-c3cccc(-c4ccc5ccc6cccnc6c5n4)c3)nc12. The Bertz CT molecular complexity index is 1730. The van der Waals surface area contributed by atoms with E-state index in [-0.39, 0.29) is 0 Å². The third kappa shape index (κ3) is 3.41. The lowest BCUT2D eigenvalue weighted by Gasteiger charge is -2.10. The van der Waals surface area contributed by atoms with Crippen LogP contribution in [-0.2, 0) is 0 Å². The molecule has 0 aliphatic carbocycles. The number of pyridine rings is 3. The second-order valence-corrected chi connectivity index (χ2v) is 8.38. The first-order valence-electron chi connectivity index (χ1n) is 11.4. The molecular formula is C30H22N4. The average molecular weight is 439 g/mol. The van der Waals surface area contributed by atoms with Crippen LogP contribution in [-0.4, -0.2) is 21.2 Å². The van der Waals surface area contributed by atoms with Crippen molar-refractivity contribution in [2.45, 2.75) is 13.8 Å². The summed E-state index contributed by atoms with van der Waals surface area (Å²) in [6, 6.07) is 29.2. The van der Waals surface area contributed by atoms with Crippen LogP contribution in [0.3, 0.4) is 0 Å². The van der Waals surface area contributed by atoms with Crippen molar-refractivity contribution in [2.24, 2.45) is 4.99 Å². The quantitative estimate of drug-likeness (QED) is 0.210. The molecule has 162 valence electrons. The largest absolute Gasteiger partial charge is 0.259 e. The average Bonchev–Trinajstić information content (AvgIpc) is 2.90. The summed E-state index contributed by atoms with van der Waals surface area (Å²) in [5, 5.41) is 3.26. The minimum absolute atomic E-state index is 0.917. The molecule has 0 aliphatic heterocycles. The van der Waals surface area contributed by atoms with Crippen LogP contribution in [0, 0.1) is 6.92 Å². The summed E-state index contributed by atoms with van der Waals surface area (Å²) in [5.41, 5.74) is 8.73. The van der Waals surface area contributed by atoms with Gasteiger partial charge >= 0.3 is 0 Å². The van der Waals surface area contributed by atoms with Gasteiger partial charge in [0.15, 0.2) is 0 Å². The van der Waals surface area contributed by atoms with Crippen molar-refractivity contribution in [1.82, 2.24) is 15.0 Å². The molecule has 3 aromatic carbocycles. The van der Waals surface area contributed by atoms with Crippen LogP contribution >= 0.6 is 0 Å². The molecular weight excluding hydrogens is 416 g/mol. The molecule has 0 saturated heterocycles. The minimum Gasteiger partial charge on any atom is -0.259 e. The molecule has 3 heterocycles. The lowest BCUT2D eigenvalue weighted by Crippen LogP contribution is -1.91. The summed E-state index contributed by atoms with van der Waals surface area (Å²) in [6.45, 7) is 4.00. The number of hydrogen-bond acceptors (Lipinski definition) is 4. The molecule has 4 heteroatoms. The molecule has 0 amide bonds.